The average Bonchev–Trinajstić information content (AvgIpc) is 2.59. The Labute approximate surface area is 118 Å². The van der Waals surface area contributed by atoms with Crippen LogP contribution in [-0.2, 0) is 6.54 Å². The first-order valence-corrected chi connectivity index (χ1v) is 8.78. The van der Waals surface area contributed by atoms with Crippen molar-refractivity contribution < 1.29 is 0 Å². The summed E-state index contributed by atoms with van der Waals surface area (Å²) >= 11 is 3.93. The van der Waals surface area contributed by atoms with Crippen LogP contribution in [0.2, 0.25) is 0 Å². The third kappa shape index (κ3) is 3.87. The van der Waals surface area contributed by atoms with Gasteiger partial charge < -0.3 is 10.2 Å². The molecular weight excluding hydrogens is 262 g/mol. The Balaban J connectivity index is 1.97. The number of thiazole rings is 1. The van der Waals surface area contributed by atoms with Crippen molar-refractivity contribution in [2.45, 2.75) is 33.2 Å². The van der Waals surface area contributed by atoms with E-state index in [4.69, 9.17) is 4.98 Å². The molecule has 1 aromatic rings. The molecule has 3 nitrogen and oxygen atoms in total. The summed E-state index contributed by atoms with van der Waals surface area (Å²) < 4.78 is 0. The molecule has 0 bridgehead atoms. The number of anilines is 1. The highest BCUT2D eigenvalue weighted by Crippen LogP contribution is 2.27. The van der Waals surface area contributed by atoms with Crippen molar-refractivity contribution in [3.63, 3.8) is 0 Å². The minimum Gasteiger partial charge on any atom is -0.347 e. The van der Waals surface area contributed by atoms with Crippen LogP contribution in [0.5, 0.6) is 0 Å². The molecular formula is C13H23N3S2. The summed E-state index contributed by atoms with van der Waals surface area (Å²) in [5.41, 5.74) is 1.20. The minimum atomic E-state index is 0.972. The molecule has 0 aliphatic carbocycles. The third-order valence-electron chi connectivity index (χ3n) is 3.09. The molecule has 18 heavy (non-hydrogen) atoms. The predicted octanol–water partition coefficient (Wildman–Crippen LogP) is 2.89. The molecule has 102 valence electrons. The summed E-state index contributed by atoms with van der Waals surface area (Å²) in [5, 5.41) is 4.69. The Morgan fingerprint density at radius 3 is 3.06 bits per heavy atom. The highest BCUT2D eigenvalue weighted by molar-refractivity contribution is 7.99. The van der Waals surface area contributed by atoms with Crippen molar-refractivity contribution in [2.75, 3.05) is 36.0 Å². The Morgan fingerprint density at radius 2 is 2.22 bits per heavy atom. The van der Waals surface area contributed by atoms with Crippen LogP contribution in [0.3, 0.4) is 0 Å². The van der Waals surface area contributed by atoms with Gasteiger partial charge >= 0.3 is 0 Å². The molecule has 0 atom stereocenters. The van der Waals surface area contributed by atoms with E-state index in [1.807, 2.05) is 11.3 Å². The van der Waals surface area contributed by atoms with Crippen molar-refractivity contribution in [3.8, 4) is 0 Å². The van der Waals surface area contributed by atoms with E-state index < -0.39 is 0 Å². The standard InChI is InChI=1S/C13H23N3S2/c1-3-5-14-10-12-11(2)15-13(18-12)16-6-4-8-17-9-7-16/h14H,3-10H2,1-2H3. The molecule has 0 amide bonds. The number of hydrogen-bond acceptors (Lipinski definition) is 5. The van der Waals surface area contributed by atoms with Crippen LogP contribution < -0.4 is 10.2 Å². The molecule has 0 radical (unpaired) electrons. The maximum atomic E-state index is 4.75. The van der Waals surface area contributed by atoms with E-state index >= 15 is 0 Å². The number of aryl methyl sites for hydroxylation is 1. The summed E-state index contributed by atoms with van der Waals surface area (Å²) in [6.07, 6.45) is 2.47. The van der Waals surface area contributed by atoms with E-state index in [1.165, 1.54) is 46.6 Å². The summed E-state index contributed by atoms with van der Waals surface area (Å²) in [6, 6.07) is 0. The second-order valence-electron chi connectivity index (χ2n) is 4.63. The fraction of sp³-hybridized carbons (Fsp3) is 0.769. The smallest absolute Gasteiger partial charge is 0.185 e. The minimum absolute atomic E-state index is 0.972. The first kappa shape index (κ1) is 14.2. The monoisotopic (exact) mass is 285 g/mol. The number of aromatic nitrogens is 1. The molecule has 2 heterocycles. The van der Waals surface area contributed by atoms with Crippen LogP contribution in [0.25, 0.3) is 0 Å². The van der Waals surface area contributed by atoms with Gasteiger partial charge in [0.15, 0.2) is 5.13 Å². The molecule has 2 rings (SSSR count). The van der Waals surface area contributed by atoms with Gasteiger partial charge in [-0.05, 0) is 32.1 Å². The van der Waals surface area contributed by atoms with Gasteiger partial charge in [0.25, 0.3) is 0 Å². The maximum absolute atomic E-state index is 4.75. The quantitative estimate of drug-likeness (QED) is 0.842. The molecule has 0 unspecified atom stereocenters. The van der Waals surface area contributed by atoms with Gasteiger partial charge in [-0.15, -0.1) is 11.3 Å². The molecule has 0 saturated carbocycles. The van der Waals surface area contributed by atoms with E-state index in [9.17, 15) is 0 Å². The molecule has 1 fully saturated rings. The number of hydrogen-bond donors (Lipinski definition) is 1. The van der Waals surface area contributed by atoms with Crippen LogP contribution in [0, 0.1) is 6.92 Å². The molecule has 1 N–H and O–H groups in total. The Hall–Kier alpha value is -0.260. The second-order valence-corrected chi connectivity index (χ2v) is 6.92. The SMILES string of the molecule is CCCNCc1sc(N2CCCSCC2)nc1C. The first-order valence-electron chi connectivity index (χ1n) is 6.81. The lowest BCUT2D eigenvalue weighted by Gasteiger charge is -2.18. The summed E-state index contributed by atoms with van der Waals surface area (Å²) in [4.78, 5) is 8.61. The molecule has 1 aliphatic rings. The number of thioether (sulfide) groups is 1. The van der Waals surface area contributed by atoms with Gasteiger partial charge in [-0.3, -0.25) is 0 Å². The first-order chi connectivity index (χ1) is 8.81. The second kappa shape index (κ2) is 7.36. The zero-order valence-corrected chi connectivity index (χ0v) is 13.0. The maximum Gasteiger partial charge on any atom is 0.185 e. The van der Waals surface area contributed by atoms with Crippen LogP contribution in [-0.4, -0.2) is 36.1 Å². The van der Waals surface area contributed by atoms with Crippen molar-refractivity contribution in [1.82, 2.24) is 10.3 Å². The van der Waals surface area contributed by atoms with Gasteiger partial charge in [0.05, 0.1) is 5.69 Å². The van der Waals surface area contributed by atoms with E-state index in [1.54, 1.807) is 0 Å². The van der Waals surface area contributed by atoms with Crippen molar-refractivity contribution in [3.05, 3.63) is 10.6 Å². The number of nitrogens with one attached hydrogen (secondary N) is 1. The van der Waals surface area contributed by atoms with E-state index in [-0.39, 0.29) is 0 Å². The van der Waals surface area contributed by atoms with Crippen molar-refractivity contribution >= 4 is 28.2 Å². The fourth-order valence-electron chi connectivity index (χ4n) is 2.03. The van der Waals surface area contributed by atoms with Crippen LogP contribution >= 0.6 is 23.1 Å². The van der Waals surface area contributed by atoms with E-state index in [0.29, 0.717) is 0 Å². The van der Waals surface area contributed by atoms with Crippen LogP contribution in [0.4, 0.5) is 5.13 Å². The van der Waals surface area contributed by atoms with Gasteiger partial charge in [0, 0.05) is 30.3 Å². The Morgan fingerprint density at radius 1 is 1.33 bits per heavy atom. The van der Waals surface area contributed by atoms with Gasteiger partial charge in [-0.25, -0.2) is 4.98 Å². The van der Waals surface area contributed by atoms with Crippen LogP contribution in [0.15, 0.2) is 0 Å². The zero-order valence-electron chi connectivity index (χ0n) is 11.4. The topological polar surface area (TPSA) is 28.2 Å². The van der Waals surface area contributed by atoms with Gasteiger partial charge in [0.2, 0.25) is 0 Å². The molecule has 1 aliphatic heterocycles. The molecule has 1 aromatic heterocycles. The van der Waals surface area contributed by atoms with Crippen LogP contribution in [0.1, 0.15) is 30.3 Å². The molecule has 0 aromatic carbocycles. The number of nitrogens with zero attached hydrogens (tertiary/aromatic N) is 2. The van der Waals surface area contributed by atoms with Gasteiger partial charge in [-0.1, -0.05) is 6.92 Å². The van der Waals surface area contributed by atoms with E-state index in [2.05, 4.69) is 35.8 Å². The molecule has 1 saturated heterocycles. The fourth-order valence-corrected chi connectivity index (χ4v) is 4.00. The van der Waals surface area contributed by atoms with Crippen molar-refractivity contribution in [1.29, 1.82) is 0 Å². The number of rotatable bonds is 5. The lowest BCUT2D eigenvalue weighted by atomic mass is 10.4. The zero-order chi connectivity index (χ0) is 12.8. The normalized spacial score (nSPS) is 16.9. The Kier molecular flexibility index (Phi) is 5.79. The lowest BCUT2D eigenvalue weighted by Crippen LogP contribution is -2.25. The van der Waals surface area contributed by atoms with Gasteiger partial charge in [0.1, 0.15) is 0 Å². The van der Waals surface area contributed by atoms with Gasteiger partial charge in [-0.2, -0.15) is 11.8 Å². The third-order valence-corrected chi connectivity index (χ3v) is 5.35. The van der Waals surface area contributed by atoms with E-state index in [0.717, 1.165) is 19.6 Å². The predicted molar refractivity (Wildman–Crippen MR) is 83.0 cm³/mol. The highest BCUT2D eigenvalue weighted by atomic mass is 32.2. The lowest BCUT2D eigenvalue weighted by molar-refractivity contribution is 0.678. The molecule has 5 heteroatoms. The molecule has 0 spiro atoms. The summed E-state index contributed by atoms with van der Waals surface area (Å²) in [5.74, 6) is 2.54. The van der Waals surface area contributed by atoms with Crippen molar-refractivity contribution in [2.24, 2.45) is 0 Å². The Bertz CT molecular complexity index is 357. The summed E-state index contributed by atoms with van der Waals surface area (Å²) in [7, 11) is 0. The largest absolute Gasteiger partial charge is 0.347 e. The summed E-state index contributed by atoms with van der Waals surface area (Å²) in [6.45, 7) is 8.72. The average molecular weight is 285 g/mol. The highest BCUT2D eigenvalue weighted by Gasteiger charge is 2.15.